The molecular weight excluding hydrogens is 200 g/mol. The summed E-state index contributed by atoms with van der Waals surface area (Å²) in [6, 6.07) is 6.47. The van der Waals surface area contributed by atoms with Gasteiger partial charge in [0.25, 0.3) is 0 Å². The maximum absolute atomic E-state index is 5.78. The van der Waals surface area contributed by atoms with Crippen LogP contribution in [0.15, 0.2) is 18.2 Å². The van der Waals surface area contributed by atoms with E-state index in [1.807, 2.05) is 18.2 Å². The molecule has 2 atom stereocenters. The molecule has 2 unspecified atom stereocenters. The van der Waals surface area contributed by atoms with Crippen LogP contribution in [0.5, 0.6) is 5.75 Å². The van der Waals surface area contributed by atoms with Crippen LogP contribution in [0.25, 0.3) is 0 Å². The topological polar surface area (TPSA) is 47.3 Å². The summed E-state index contributed by atoms with van der Waals surface area (Å²) in [5.41, 5.74) is 7.57. The first kappa shape index (κ1) is 11.1. The van der Waals surface area contributed by atoms with Crippen molar-refractivity contribution in [2.24, 2.45) is 5.92 Å². The van der Waals surface area contributed by atoms with Gasteiger partial charge >= 0.3 is 0 Å². The predicted molar refractivity (Wildman–Crippen MR) is 67.8 cm³/mol. The molecule has 3 heteroatoms. The van der Waals surface area contributed by atoms with Gasteiger partial charge in [-0.2, -0.15) is 0 Å². The average molecular weight is 220 g/mol. The van der Waals surface area contributed by atoms with Gasteiger partial charge in [-0.1, -0.05) is 6.92 Å². The number of nitrogen functional groups attached to an aromatic ring is 1. The first-order valence-corrected chi connectivity index (χ1v) is 5.89. The van der Waals surface area contributed by atoms with Crippen LogP contribution in [0.4, 0.5) is 11.4 Å². The van der Waals surface area contributed by atoms with Crippen LogP contribution in [-0.4, -0.2) is 13.2 Å². The van der Waals surface area contributed by atoms with Crippen molar-refractivity contribution < 1.29 is 4.74 Å². The van der Waals surface area contributed by atoms with E-state index in [4.69, 9.17) is 10.5 Å². The number of benzene rings is 1. The number of anilines is 2. The fourth-order valence-electron chi connectivity index (χ4n) is 2.37. The zero-order valence-corrected chi connectivity index (χ0v) is 9.99. The first-order chi connectivity index (χ1) is 7.69. The Morgan fingerprint density at radius 3 is 2.81 bits per heavy atom. The van der Waals surface area contributed by atoms with E-state index in [1.54, 1.807) is 7.11 Å². The zero-order chi connectivity index (χ0) is 11.5. The van der Waals surface area contributed by atoms with Gasteiger partial charge in [-0.15, -0.1) is 0 Å². The maximum atomic E-state index is 5.78. The van der Waals surface area contributed by atoms with Gasteiger partial charge in [-0.3, -0.25) is 0 Å². The number of nitrogens with one attached hydrogen (secondary N) is 1. The van der Waals surface area contributed by atoms with Gasteiger partial charge < -0.3 is 15.8 Å². The minimum Gasteiger partial charge on any atom is -0.495 e. The van der Waals surface area contributed by atoms with Crippen LogP contribution in [0.1, 0.15) is 26.2 Å². The van der Waals surface area contributed by atoms with Crippen molar-refractivity contribution in [1.82, 2.24) is 0 Å². The molecule has 0 radical (unpaired) electrons. The Balaban J connectivity index is 2.04. The Bertz CT molecular complexity index is 365. The molecule has 0 aliphatic heterocycles. The number of ether oxygens (including phenoxy) is 1. The molecule has 0 aromatic heterocycles. The molecule has 3 nitrogen and oxygen atoms in total. The summed E-state index contributed by atoms with van der Waals surface area (Å²) >= 11 is 0. The summed E-state index contributed by atoms with van der Waals surface area (Å²) in [6.45, 7) is 2.31. The van der Waals surface area contributed by atoms with E-state index in [1.165, 1.54) is 19.3 Å². The van der Waals surface area contributed by atoms with Gasteiger partial charge in [0.2, 0.25) is 0 Å². The standard InChI is InChI=1S/C13H20N2O/c1-9-3-4-10(7-9)15-11-5-6-12(14)13(8-11)16-2/h5-6,8-10,15H,3-4,7,14H2,1-2H3. The molecule has 0 spiro atoms. The van der Waals surface area contributed by atoms with Crippen LogP contribution in [0.3, 0.4) is 0 Å². The number of nitrogens with two attached hydrogens (primary N) is 1. The molecule has 88 valence electrons. The van der Waals surface area contributed by atoms with Crippen molar-refractivity contribution in [3.05, 3.63) is 18.2 Å². The highest BCUT2D eigenvalue weighted by molar-refractivity contribution is 5.61. The Morgan fingerprint density at radius 1 is 1.38 bits per heavy atom. The Labute approximate surface area is 97.0 Å². The van der Waals surface area contributed by atoms with Crippen LogP contribution in [-0.2, 0) is 0 Å². The Kier molecular flexibility index (Phi) is 3.22. The molecule has 1 aliphatic carbocycles. The fraction of sp³-hybridized carbons (Fsp3) is 0.538. The Hall–Kier alpha value is -1.38. The van der Waals surface area contributed by atoms with Crippen molar-refractivity contribution in [2.75, 3.05) is 18.2 Å². The third-order valence-electron chi connectivity index (χ3n) is 3.30. The van der Waals surface area contributed by atoms with Crippen LogP contribution < -0.4 is 15.8 Å². The van der Waals surface area contributed by atoms with E-state index in [9.17, 15) is 0 Å². The van der Waals surface area contributed by atoms with E-state index in [-0.39, 0.29) is 0 Å². The number of methoxy groups -OCH3 is 1. The van der Waals surface area contributed by atoms with Crippen molar-refractivity contribution in [1.29, 1.82) is 0 Å². The summed E-state index contributed by atoms with van der Waals surface area (Å²) in [7, 11) is 1.65. The Morgan fingerprint density at radius 2 is 2.19 bits per heavy atom. The molecule has 0 amide bonds. The van der Waals surface area contributed by atoms with E-state index in [0.717, 1.165) is 17.4 Å². The van der Waals surface area contributed by atoms with Crippen molar-refractivity contribution in [3.8, 4) is 5.75 Å². The monoisotopic (exact) mass is 220 g/mol. The lowest BCUT2D eigenvalue weighted by Crippen LogP contribution is -2.15. The fourth-order valence-corrected chi connectivity index (χ4v) is 2.37. The smallest absolute Gasteiger partial charge is 0.143 e. The highest BCUT2D eigenvalue weighted by Gasteiger charge is 2.20. The molecule has 1 aromatic carbocycles. The molecule has 0 bridgehead atoms. The van der Waals surface area contributed by atoms with Crippen molar-refractivity contribution in [2.45, 2.75) is 32.2 Å². The third-order valence-corrected chi connectivity index (χ3v) is 3.30. The second kappa shape index (κ2) is 4.64. The van der Waals surface area contributed by atoms with Gasteiger partial charge in [0.1, 0.15) is 5.75 Å². The number of hydrogen-bond acceptors (Lipinski definition) is 3. The van der Waals surface area contributed by atoms with E-state index in [2.05, 4.69) is 12.2 Å². The molecular formula is C13H20N2O. The van der Waals surface area contributed by atoms with Crippen molar-refractivity contribution >= 4 is 11.4 Å². The molecule has 1 aliphatic rings. The summed E-state index contributed by atoms with van der Waals surface area (Å²) < 4.78 is 5.21. The quantitative estimate of drug-likeness (QED) is 0.770. The second-order valence-electron chi connectivity index (χ2n) is 4.72. The van der Waals surface area contributed by atoms with Crippen LogP contribution in [0.2, 0.25) is 0 Å². The van der Waals surface area contributed by atoms with Gasteiger partial charge in [0, 0.05) is 17.8 Å². The summed E-state index contributed by atoms with van der Waals surface area (Å²) in [5, 5.41) is 3.54. The van der Waals surface area contributed by atoms with E-state index in [0.29, 0.717) is 11.7 Å². The molecule has 2 rings (SSSR count). The maximum Gasteiger partial charge on any atom is 0.143 e. The van der Waals surface area contributed by atoms with Crippen LogP contribution in [0, 0.1) is 5.92 Å². The molecule has 1 fully saturated rings. The highest BCUT2D eigenvalue weighted by Crippen LogP contribution is 2.30. The largest absolute Gasteiger partial charge is 0.495 e. The van der Waals surface area contributed by atoms with Crippen molar-refractivity contribution in [3.63, 3.8) is 0 Å². The lowest BCUT2D eigenvalue weighted by molar-refractivity contribution is 0.417. The van der Waals surface area contributed by atoms with E-state index < -0.39 is 0 Å². The van der Waals surface area contributed by atoms with E-state index >= 15 is 0 Å². The number of hydrogen-bond donors (Lipinski definition) is 2. The average Bonchev–Trinajstić information content (AvgIpc) is 2.67. The normalized spacial score (nSPS) is 24.4. The second-order valence-corrected chi connectivity index (χ2v) is 4.72. The lowest BCUT2D eigenvalue weighted by Gasteiger charge is -2.15. The molecule has 3 N–H and O–H groups in total. The first-order valence-electron chi connectivity index (χ1n) is 5.89. The summed E-state index contributed by atoms with van der Waals surface area (Å²) in [4.78, 5) is 0. The molecule has 0 heterocycles. The predicted octanol–water partition coefficient (Wildman–Crippen LogP) is 2.88. The summed E-state index contributed by atoms with van der Waals surface area (Å²) in [5.74, 6) is 1.59. The minimum atomic E-state index is 0.600. The molecule has 1 saturated carbocycles. The lowest BCUT2D eigenvalue weighted by atomic mass is 10.1. The molecule has 0 saturated heterocycles. The highest BCUT2D eigenvalue weighted by atomic mass is 16.5. The van der Waals surface area contributed by atoms with Crippen LogP contribution >= 0.6 is 0 Å². The molecule has 16 heavy (non-hydrogen) atoms. The number of rotatable bonds is 3. The SMILES string of the molecule is COc1cc(NC2CCC(C)C2)ccc1N. The summed E-state index contributed by atoms with van der Waals surface area (Å²) in [6.07, 6.45) is 3.84. The van der Waals surface area contributed by atoms with Gasteiger partial charge in [0.05, 0.1) is 12.8 Å². The molecule has 1 aromatic rings. The van der Waals surface area contributed by atoms with Gasteiger partial charge in [-0.25, -0.2) is 0 Å². The van der Waals surface area contributed by atoms with Gasteiger partial charge in [-0.05, 0) is 37.3 Å². The third kappa shape index (κ3) is 2.40. The minimum absolute atomic E-state index is 0.600. The van der Waals surface area contributed by atoms with Gasteiger partial charge in [0.15, 0.2) is 0 Å². The zero-order valence-electron chi connectivity index (χ0n) is 9.99.